The first-order valence-electron chi connectivity index (χ1n) is 13.0. The minimum atomic E-state index is -0.134. The Kier molecular flexibility index (Phi) is 9.14. The number of nitrogens with zero attached hydrogens (tertiary/aromatic N) is 6. The largest absolute Gasteiger partial charge is 0.496 e. The van der Waals surface area contributed by atoms with Gasteiger partial charge in [-0.25, -0.2) is 4.98 Å². The summed E-state index contributed by atoms with van der Waals surface area (Å²) in [5.41, 5.74) is 10.4. The van der Waals surface area contributed by atoms with Crippen LogP contribution in [0, 0.1) is 6.92 Å². The Labute approximate surface area is 218 Å². The number of aromatic nitrogens is 4. The summed E-state index contributed by atoms with van der Waals surface area (Å²) in [7, 11) is 1.69. The van der Waals surface area contributed by atoms with Crippen LogP contribution in [-0.2, 0) is 13.1 Å². The van der Waals surface area contributed by atoms with E-state index in [2.05, 4.69) is 50.2 Å². The number of methoxy groups -OCH3 is 1. The Bertz CT molecular complexity index is 1180. The molecule has 11 heteroatoms. The third kappa shape index (κ3) is 6.48. The third-order valence-corrected chi connectivity index (χ3v) is 6.93. The molecule has 1 aliphatic heterocycles. The number of aliphatic hydroxyl groups excluding tert-OH is 2. The molecule has 4 rings (SSSR count). The van der Waals surface area contributed by atoms with Crippen molar-refractivity contribution in [3.8, 4) is 5.75 Å². The van der Waals surface area contributed by atoms with Gasteiger partial charge >= 0.3 is 0 Å². The summed E-state index contributed by atoms with van der Waals surface area (Å²) < 4.78 is 7.66. The zero-order valence-electron chi connectivity index (χ0n) is 22.2. The van der Waals surface area contributed by atoms with Crippen LogP contribution in [0.5, 0.6) is 5.75 Å². The van der Waals surface area contributed by atoms with E-state index in [4.69, 9.17) is 20.7 Å². The normalized spacial score (nSPS) is 15.8. The predicted molar refractivity (Wildman–Crippen MR) is 145 cm³/mol. The molecule has 37 heavy (non-hydrogen) atoms. The lowest BCUT2D eigenvalue weighted by Crippen LogP contribution is -2.46. The van der Waals surface area contributed by atoms with E-state index in [0.717, 1.165) is 74.6 Å². The van der Waals surface area contributed by atoms with Gasteiger partial charge in [0, 0.05) is 44.8 Å². The maximum atomic E-state index is 9.83. The first-order valence-corrected chi connectivity index (χ1v) is 13.0. The second kappa shape index (κ2) is 12.5. The lowest BCUT2D eigenvalue weighted by atomic mass is 10.1. The van der Waals surface area contributed by atoms with Gasteiger partial charge in [0.25, 0.3) is 0 Å². The van der Waals surface area contributed by atoms with Crippen LogP contribution in [0.15, 0.2) is 18.2 Å². The van der Waals surface area contributed by atoms with Gasteiger partial charge in [0.05, 0.1) is 38.6 Å². The summed E-state index contributed by atoms with van der Waals surface area (Å²) in [6, 6.07) is 6.21. The number of piperazine rings is 1. The summed E-state index contributed by atoms with van der Waals surface area (Å²) in [6.07, 6.45) is 1.74. The quantitative estimate of drug-likeness (QED) is 0.282. The van der Waals surface area contributed by atoms with E-state index in [9.17, 15) is 5.11 Å². The Morgan fingerprint density at radius 3 is 2.54 bits per heavy atom. The third-order valence-electron chi connectivity index (χ3n) is 6.93. The van der Waals surface area contributed by atoms with Crippen molar-refractivity contribution in [2.75, 3.05) is 64.1 Å². The van der Waals surface area contributed by atoms with Crippen LogP contribution in [0.25, 0.3) is 11.0 Å². The van der Waals surface area contributed by atoms with E-state index in [0.29, 0.717) is 17.9 Å². The average molecular weight is 513 g/mol. The zero-order valence-corrected chi connectivity index (χ0v) is 22.2. The topological polar surface area (TPSA) is 138 Å². The van der Waals surface area contributed by atoms with E-state index in [1.807, 2.05) is 11.6 Å². The first kappa shape index (κ1) is 27.1. The van der Waals surface area contributed by atoms with Crippen LogP contribution in [0.1, 0.15) is 36.6 Å². The molecule has 2 aromatic heterocycles. The molecule has 1 fully saturated rings. The molecule has 0 saturated carbocycles. The number of benzene rings is 1. The highest BCUT2D eigenvalue weighted by atomic mass is 16.5. The fraction of sp³-hybridized carbons (Fsp3) is 0.577. The van der Waals surface area contributed by atoms with Crippen molar-refractivity contribution in [1.82, 2.24) is 29.5 Å². The Hall–Kier alpha value is -2.99. The van der Waals surface area contributed by atoms with Gasteiger partial charge in [0.15, 0.2) is 5.82 Å². The average Bonchev–Trinajstić information content (AvgIpc) is 3.20. The van der Waals surface area contributed by atoms with Gasteiger partial charge in [-0.15, -0.1) is 0 Å². The molecular formula is C26H40N8O3. The highest BCUT2D eigenvalue weighted by Crippen LogP contribution is 2.28. The number of nitrogen functional groups attached to an aromatic ring is 1. The number of fused-ring (bicyclic) bond motifs is 1. The number of hydrogen-bond donors (Lipinski definition) is 4. The molecule has 0 aliphatic carbocycles. The number of anilines is 2. The summed E-state index contributed by atoms with van der Waals surface area (Å²) >= 11 is 0. The molecule has 1 atom stereocenters. The minimum Gasteiger partial charge on any atom is -0.496 e. The highest BCUT2D eigenvalue weighted by Gasteiger charge is 2.20. The molecule has 202 valence electrons. The molecular weight excluding hydrogens is 472 g/mol. The smallest absolute Gasteiger partial charge is 0.222 e. The monoisotopic (exact) mass is 512 g/mol. The van der Waals surface area contributed by atoms with E-state index >= 15 is 0 Å². The van der Waals surface area contributed by atoms with Gasteiger partial charge in [0.2, 0.25) is 5.95 Å². The molecule has 0 spiro atoms. The summed E-state index contributed by atoms with van der Waals surface area (Å²) in [6.45, 7) is 10.2. The number of aryl methyl sites for hydroxylation is 1. The van der Waals surface area contributed by atoms with E-state index in [1.165, 1.54) is 5.56 Å². The van der Waals surface area contributed by atoms with Crippen LogP contribution in [0.3, 0.4) is 0 Å². The second-order valence-corrected chi connectivity index (χ2v) is 9.67. The number of ether oxygens (including phenoxy) is 1. The SMILES string of the molecule is CCC[C@@H](CO)Nc1nc(N)nc2c(C)nn(Cc3ccc(CN4CCN(CCO)CC4)cc3OC)c12. The molecule has 1 aromatic carbocycles. The molecule has 1 saturated heterocycles. The number of nitrogens with two attached hydrogens (primary N) is 1. The number of rotatable bonds is 12. The number of hydrogen-bond acceptors (Lipinski definition) is 10. The van der Waals surface area contributed by atoms with Gasteiger partial charge in [-0.2, -0.15) is 10.1 Å². The van der Waals surface area contributed by atoms with Gasteiger partial charge in [-0.1, -0.05) is 25.5 Å². The Morgan fingerprint density at radius 1 is 1.11 bits per heavy atom. The van der Waals surface area contributed by atoms with Gasteiger partial charge in [-0.05, 0) is 25.0 Å². The summed E-state index contributed by atoms with van der Waals surface area (Å²) in [5.74, 6) is 1.55. The molecule has 0 radical (unpaired) electrons. The highest BCUT2D eigenvalue weighted by molar-refractivity contribution is 5.88. The van der Waals surface area contributed by atoms with Gasteiger partial charge in [-0.3, -0.25) is 14.5 Å². The first-order chi connectivity index (χ1) is 17.9. The summed E-state index contributed by atoms with van der Waals surface area (Å²) in [4.78, 5) is 13.6. The van der Waals surface area contributed by atoms with Crippen molar-refractivity contribution < 1.29 is 14.9 Å². The van der Waals surface area contributed by atoms with Crippen LogP contribution >= 0.6 is 0 Å². The maximum Gasteiger partial charge on any atom is 0.222 e. The van der Waals surface area contributed by atoms with Crippen LogP contribution < -0.4 is 15.8 Å². The van der Waals surface area contributed by atoms with E-state index in [-0.39, 0.29) is 25.2 Å². The lowest BCUT2D eigenvalue weighted by molar-refractivity contribution is 0.108. The number of nitrogens with one attached hydrogen (secondary N) is 1. The van der Waals surface area contributed by atoms with Crippen LogP contribution in [0.2, 0.25) is 0 Å². The zero-order chi connectivity index (χ0) is 26.4. The molecule has 0 bridgehead atoms. The molecule has 11 nitrogen and oxygen atoms in total. The van der Waals surface area contributed by atoms with Gasteiger partial charge in [0.1, 0.15) is 16.8 Å². The van der Waals surface area contributed by atoms with Crippen LogP contribution in [0.4, 0.5) is 11.8 Å². The molecule has 0 amide bonds. The van der Waals surface area contributed by atoms with Crippen molar-refractivity contribution in [2.24, 2.45) is 0 Å². The van der Waals surface area contributed by atoms with E-state index in [1.54, 1.807) is 7.11 Å². The van der Waals surface area contributed by atoms with Crippen molar-refractivity contribution in [1.29, 1.82) is 0 Å². The fourth-order valence-corrected chi connectivity index (χ4v) is 4.96. The number of β-amino-alcohol motifs (C(OH)–C–C–N with tert-alkyl or cyclic N) is 1. The molecule has 5 N–H and O–H groups in total. The fourth-order valence-electron chi connectivity index (χ4n) is 4.96. The maximum absolute atomic E-state index is 9.83. The van der Waals surface area contributed by atoms with Crippen molar-refractivity contribution in [3.63, 3.8) is 0 Å². The van der Waals surface area contributed by atoms with Crippen molar-refractivity contribution >= 4 is 22.8 Å². The second-order valence-electron chi connectivity index (χ2n) is 9.67. The molecule has 1 aliphatic rings. The van der Waals surface area contributed by atoms with Gasteiger partial charge < -0.3 is 26.0 Å². The predicted octanol–water partition coefficient (Wildman–Crippen LogP) is 1.46. The summed E-state index contributed by atoms with van der Waals surface area (Å²) in [5, 5.41) is 27.1. The Morgan fingerprint density at radius 2 is 1.86 bits per heavy atom. The van der Waals surface area contributed by atoms with Crippen LogP contribution in [-0.4, -0.2) is 98.9 Å². The molecule has 3 aromatic rings. The van der Waals surface area contributed by atoms with Crippen molar-refractivity contribution in [2.45, 2.75) is 45.8 Å². The molecule has 3 heterocycles. The molecule has 0 unspecified atom stereocenters. The Balaban J connectivity index is 1.56. The number of aliphatic hydroxyl groups is 2. The minimum absolute atomic E-state index is 0.00186. The van der Waals surface area contributed by atoms with E-state index < -0.39 is 0 Å². The standard InChI is InChI=1S/C26H40N8O3/c1-4-5-21(17-36)28-25-24-23(29-26(27)30-25)18(2)31-34(24)16-20-7-6-19(14-22(20)37-3)15-33-10-8-32(9-11-33)12-13-35/h6-7,14,21,35-36H,4-5,8-13,15-17H2,1-3H3,(H3,27,28,29,30)/t21-/m0/s1. The lowest BCUT2D eigenvalue weighted by Gasteiger charge is -2.34. The van der Waals surface area contributed by atoms with Crippen molar-refractivity contribution in [3.05, 3.63) is 35.0 Å².